The van der Waals surface area contributed by atoms with E-state index in [0.29, 0.717) is 13.1 Å². The molecule has 0 fully saturated rings. The summed E-state index contributed by atoms with van der Waals surface area (Å²) in [5, 5.41) is 13.4. The summed E-state index contributed by atoms with van der Waals surface area (Å²) in [6.07, 6.45) is 1.51. The third kappa shape index (κ3) is 5.09. The Morgan fingerprint density at radius 1 is 1.18 bits per heavy atom. The van der Waals surface area contributed by atoms with E-state index >= 15 is 0 Å². The zero-order valence-electron chi connectivity index (χ0n) is 16.5. The number of hydrogen-bond acceptors (Lipinski definition) is 4. The minimum atomic E-state index is 0.558. The fraction of sp³-hybridized carbons (Fsp3) is 0.286. The molecule has 0 aliphatic carbocycles. The first-order valence-corrected chi connectivity index (χ1v) is 9.30. The summed E-state index contributed by atoms with van der Waals surface area (Å²) >= 11 is 0. The van der Waals surface area contributed by atoms with Crippen molar-refractivity contribution in [2.45, 2.75) is 26.9 Å². The average Bonchev–Trinajstić information content (AvgIpc) is 3.26. The van der Waals surface area contributed by atoms with Gasteiger partial charge < -0.3 is 15.4 Å². The van der Waals surface area contributed by atoms with Crippen molar-refractivity contribution < 1.29 is 4.74 Å². The van der Waals surface area contributed by atoms with Crippen LogP contribution in [0.25, 0.3) is 11.4 Å². The molecule has 146 valence electrons. The van der Waals surface area contributed by atoms with Crippen molar-refractivity contribution >= 4 is 5.96 Å². The van der Waals surface area contributed by atoms with Crippen LogP contribution in [0.5, 0.6) is 5.75 Å². The quantitative estimate of drug-likeness (QED) is 0.434. The molecule has 3 rings (SSSR count). The highest BCUT2D eigenvalue weighted by Gasteiger charge is 2.06. The van der Waals surface area contributed by atoms with Gasteiger partial charge in [0.25, 0.3) is 0 Å². The van der Waals surface area contributed by atoms with Gasteiger partial charge in [-0.15, -0.1) is 0 Å². The predicted molar refractivity (Wildman–Crippen MR) is 111 cm³/mol. The van der Waals surface area contributed by atoms with Gasteiger partial charge in [0.2, 0.25) is 0 Å². The number of hydrogen-bond donors (Lipinski definition) is 3. The van der Waals surface area contributed by atoms with Gasteiger partial charge in [0.05, 0.1) is 13.7 Å². The van der Waals surface area contributed by atoms with Gasteiger partial charge in [0.15, 0.2) is 11.8 Å². The maximum Gasteiger partial charge on any atom is 0.191 e. The van der Waals surface area contributed by atoms with E-state index in [1.165, 1.54) is 11.9 Å². The van der Waals surface area contributed by atoms with Crippen LogP contribution in [0, 0.1) is 6.92 Å². The number of aryl methyl sites for hydroxylation is 1. The standard InChI is InChI=1S/C21H26N6O/c1-4-22-21(24-13-18-9-8-15(2)10-19(18)28-3)23-12-16-6-5-7-17(11-16)20-25-14-26-27-20/h5-11,14H,4,12-13H2,1-3H3,(H2,22,23,24)(H,25,26,27). The van der Waals surface area contributed by atoms with Crippen LogP contribution in [-0.4, -0.2) is 34.8 Å². The molecule has 1 heterocycles. The van der Waals surface area contributed by atoms with E-state index in [1.807, 2.05) is 25.1 Å². The minimum Gasteiger partial charge on any atom is -0.496 e. The molecule has 0 aliphatic heterocycles. The Bertz CT molecular complexity index is 920. The van der Waals surface area contributed by atoms with Crippen molar-refractivity contribution in [1.29, 1.82) is 0 Å². The molecule has 3 aromatic rings. The third-order valence-corrected chi connectivity index (χ3v) is 4.27. The fourth-order valence-corrected chi connectivity index (χ4v) is 2.85. The smallest absolute Gasteiger partial charge is 0.191 e. The lowest BCUT2D eigenvalue weighted by atomic mass is 10.1. The van der Waals surface area contributed by atoms with Crippen LogP contribution in [-0.2, 0) is 13.1 Å². The topological polar surface area (TPSA) is 87.2 Å². The number of nitrogens with zero attached hydrogens (tertiary/aromatic N) is 3. The van der Waals surface area contributed by atoms with Gasteiger partial charge in [0.1, 0.15) is 12.1 Å². The second-order valence-electron chi connectivity index (χ2n) is 6.40. The molecule has 0 spiro atoms. The molecule has 1 aromatic heterocycles. The lowest BCUT2D eigenvalue weighted by Crippen LogP contribution is -2.36. The highest BCUT2D eigenvalue weighted by molar-refractivity contribution is 5.79. The average molecular weight is 378 g/mol. The molecule has 0 unspecified atom stereocenters. The summed E-state index contributed by atoms with van der Waals surface area (Å²) < 4.78 is 5.48. The molecule has 7 heteroatoms. The first kappa shape index (κ1) is 19.4. The van der Waals surface area contributed by atoms with E-state index in [2.05, 4.69) is 57.0 Å². The monoisotopic (exact) mass is 378 g/mol. The number of aliphatic imine (C=N–C) groups is 1. The zero-order chi connectivity index (χ0) is 19.8. The number of methoxy groups -OCH3 is 1. The van der Waals surface area contributed by atoms with Crippen LogP contribution < -0.4 is 15.4 Å². The van der Waals surface area contributed by atoms with Crippen LogP contribution in [0.2, 0.25) is 0 Å². The summed E-state index contributed by atoms with van der Waals surface area (Å²) in [5.41, 5.74) is 4.35. The second-order valence-corrected chi connectivity index (χ2v) is 6.40. The summed E-state index contributed by atoms with van der Waals surface area (Å²) in [6, 6.07) is 14.3. The van der Waals surface area contributed by atoms with Gasteiger partial charge in [-0.05, 0) is 37.1 Å². The molecule has 0 aliphatic rings. The van der Waals surface area contributed by atoms with Gasteiger partial charge >= 0.3 is 0 Å². The van der Waals surface area contributed by atoms with Gasteiger partial charge in [-0.3, -0.25) is 5.10 Å². The van der Waals surface area contributed by atoms with Crippen molar-refractivity contribution in [3.63, 3.8) is 0 Å². The van der Waals surface area contributed by atoms with E-state index in [4.69, 9.17) is 9.73 Å². The molecule has 2 aromatic carbocycles. The Balaban J connectivity index is 1.69. The van der Waals surface area contributed by atoms with Crippen LogP contribution in [0.15, 0.2) is 53.8 Å². The van der Waals surface area contributed by atoms with E-state index in [1.54, 1.807) is 7.11 Å². The second kappa shape index (κ2) is 9.55. The molecule has 0 amide bonds. The van der Waals surface area contributed by atoms with Crippen molar-refractivity contribution in [1.82, 2.24) is 25.8 Å². The number of guanidine groups is 1. The largest absolute Gasteiger partial charge is 0.496 e. The van der Waals surface area contributed by atoms with E-state index in [0.717, 1.165) is 40.8 Å². The number of H-pyrrole nitrogens is 1. The Morgan fingerprint density at radius 3 is 2.82 bits per heavy atom. The number of rotatable bonds is 7. The van der Waals surface area contributed by atoms with Crippen molar-refractivity contribution in [2.75, 3.05) is 13.7 Å². The van der Waals surface area contributed by atoms with Crippen LogP contribution in [0.3, 0.4) is 0 Å². The Morgan fingerprint density at radius 2 is 2.07 bits per heavy atom. The zero-order valence-corrected chi connectivity index (χ0v) is 16.5. The maximum atomic E-state index is 5.48. The molecule has 3 N–H and O–H groups in total. The Labute approximate surface area is 165 Å². The maximum absolute atomic E-state index is 5.48. The minimum absolute atomic E-state index is 0.558. The summed E-state index contributed by atoms with van der Waals surface area (Å²) in [6.45, 7) is 6.08. The number of aromatic amines is 1. The van der Waals surface area contributed by atoms with Gasteiger partial charge in [-0.1, -0.05) is 30.3 Å². The van der Waals surface area contributed by atoms with E-state index in [-0.39, 0.29) is 0 Å². The third-order valence-electron chi connectivity index (χ3n) is 4.27. The first-order valence-electron chi connectivity index (χ1n) is 9.30. The molecule has 0 saturated heterocycles. The van der Waals surface area contributed by atoms with Crippen LogP contribution in [0.1, 0.15) is 23.6 Å². The highest BCUT2D eigenvalue weighted by Crippen LogP contribution is 2.19. The Hall–Kier alpha value is -3.35. The molecular formula is C21H26N6O. The van der Waals surface area contributed by atoms with E-state index < -0.39 is 0 Å². The summed E-state index contributed by atoms with van der Waals surface area (Å²) in [5.74, 6) is 2.39. The lowest BCUT2D eigenvalue weighted by Gasteiger charge is -2.14. The van der Waals surface area contributed by atoms with Crippen LogP contribution in [0.4, 0.5) is 0 Å². The van der Waals surface area contributed by atoms with Crippen molar-refractivity contribution in [2.24, 2.45) is 4.99 Å². The number of ether oxygens (including phenoxy) is 1. The molecule has 0 radical (unpaired) electrons. The van der Waals surface area contributed by atoms with Crippen molar-refractivity contribution in [3.05, 3.63) is 65.5 Å². The molecule has 28 heavy (non-hydrogen) atoms. The lowest BCUT2D eigenvalue weighted by molar-refractivity contribution is 0.408. The van der Waals surface area contributed by atoms with Crippen LogP contribution >= 0.6 is 0 Å². The predicted octanol–water partition coefficient (Wildman–Crippen LogP) is 3.04. The van der Waals surface area contributed by atoms with Gasteiger partial charge in [-0.25, -0.2) is 9.98 Å². The molecule has 0 atom stereocenters. The first-order chi connectivity index (χ1) is 13.7. The fourth-order valence-electron chi connectivity index (χ4n) is 2.85. The highest BCUT2D eigenvalue weighted by atomic mass is 16.5. The molecule has 0 bridgehead atoms. The Kier molecular flexibility index (Phi) is 6.62. The SMILES string of the molecule is CCNC(=NCc1cccc(-c2ncn[nH]2)c1)NCc1ccc(C)cc1OC. The molecule has 7 nitrogen and oxygen atoms in total. The molecule has 0 saturated carbocycles. The van der Waals surface area contributed by atoms with E-state index in [9.17, 15) is 0 Å². The number of nitrogens with one attached hydrogen (secondary N) is 3. The van der Waals surface area contributed by atoms with Gasteiger partial charge in [0, 0.05) is 24.2 Å². The molecular weight excluding hydrogens is 352 g/mol. The van der Waals surface area contributed by atoms with Crippen molar-refractivity contribution in [3.8, 4) is 17.1 Å². The summed E-state index contributed by atoms with van der Waals surface area (Å²) in [4.78, 5) is 8.90. The van der Waals surface area contributed by atoms with Gasteiger partial charge in [-0.2, -0.15) is 5.10 Å². The normalized spacial score (nSPS) is 11.3. The number of aromatic nitrogens is 3. The number of benzene rings is 2. The summed E-state index contributed by atoms with van der Waals surface area (Å²) in [7, 11) is 1.69.